The van der Waals surface area contributed by atoms with E-state index in [1.165, 1.54) is 0 Å². The summed E-state index contributed by atoms with van der Waals surface area (Å²) in [6.45, 7) is 0. The molecule has 7 nitrogen and oxygen atoms in total. The molecule has 10 heteroatoms. The molecule has 0 unspecified atom stereocenters. The van der Waals surface area contributed by atoms with Crippen molar-refractivity contribution in [3.8, 4) is 0 Å². The van der Waals surface area contributed by atoms with Crippen LogP contribution in [0.1, 0.15) is 0 Å². The fourth-order valence-corrected chi connectivity index (χ4v) is 2.81. The zero-order valence-corrected chi connectivity index (χ0v) is 11.5. The van der Waals surface area contributed by atoms with Gasteiger partial charge < -0.3 is 0 Å². The minimum atomic E-state index is -4.66. The summed E-state index contributed by atoms with van der Waals surface area (Å²) in [5.74, 6) is -1.22. The Morgan fingerprint density at radius 1 is 1.26 bits per heavy atom. The Hall–Kier alpha value is -1.77. The molecule has 1 aromatic carbocycles. The summed E-state index contributed by atoms with van der Waals surface area (Å²) in [4.78, 5) is 9.06. The Kier molecular flexibility index (Phi) is 4.09. The molecule has 1 aromatic rings. The van der Waals surface area contributed by atoms with Crippen LogP contribution in [0.3, 0.4) is 0 Å². The lowest BCUT2D eigenvalue weighted by atomic mass is 10.3. The molecule has 1 rings (SSSR count). The van der Waals surface area contributed by atoms with Gasteiger partial charge in [0.05, 0.1) is 11.9 Å². The first-order chi connectivity index (χ1) is 8.61. The summed E-state index contributed by atoms with van der Waals surface area (Å²) < 4.78 is 62.7. The first kappa shape index (κ1) is 15.3. The van der Waals surface area contributed by atoms with Crippen LogP contribution in [0.5, 0.6) is 0 Å². The van der Waals surface area contributed by atoms with Gasteiger partial charge in [0, 0.05) is 7.05 Å². The average Bonchev–Trinajstić information content (AvgIpc) is 2.25. The number of nitrogens with zero attached hydrogens (tertiary/aromatic N) is 2. The van der Waals surface area contributed by atoms with Gasteiger partial charge >= 0.3 is 0 Å². The van der Waals surface area contributed by atoms with Gasteiger partial charge in [-0.3, -0.25) is 4.31 Å². The SMILES string of the molecule is CN(c1cccc(F)c1S(=O)(=O)N=C=O)S(C)(=O)=O. The third-order valence-electron chi connectivity index (χ3n) is 2.20. The molecule has 19 heavy (non-hydrogen) atoms. The van der Waals surface area contributed by atoms with Crippen LogP contribution in [-0.2, 0) is 24.8 Å². The number of rotatable bonds is 4. The average molecular weight is 308 g/mol. The Balaban J connectivity index is 3.71. The van der Waals surface area contributed by atoms with E-state index in [1.807, 2.05) is 0 Å². The Morgan fingerprint density at radius 3 is 2.32 bits per heavy atom. The van der Waals surface area contributed by atoms with Crippen LogP contribution >= 0.6 is 0 Å². The molecule has 0 aliphatic heterocycles. The van der Waals surface area contributed by atoms with E-state index >= 15 is 0 Å². The molecule has 104 valence electrons. The summed E-state index contributed by atoms with van der Waals surface area (Å²) in [6.07, 6.45) is 1.61. The fourth-order valence-electron chi connectivity index (χ4n) is 1.27. The van der Waals surface area contributed by atoms with Gasteiger partial charge in [0.25, 0.3) is 16.1 Å². The lowest BCUT2D eigenvalue weighted by Crippen LogP contribution is -2.26. The largest absolute Gasteiger partial charge is 0.297 e. The first-order valence-corrected chi connectivity index (χ1v) is 7.96. The van der Waals surface area contributed by atoms with Crippen molar-refractivity contribution in [2.75, 3.05) is 17.6 Å². The van der Waals surface area contributed by atoms with Crippen LogP contribution in [0.4, 0.5) is 10.1 Å². The van der Waals surface area contributed by atoms with Crippen molar-refractivity contribution in [1.82, 2.24) is 0 Å². The number of anilines is 1. The number of hydrogen-bond acceptors (Lipinski definition) is 5. The van der Waals surface area contributed by atoms with E-state index in [9.17, 15) is 26.0 Å². The lowest BCUT2D eigenvalue weighted by molar-refractivity contribution is 0.559. The molecule has 0 saturated heterocycles. The zero-order chi connectivity index (χ0) is 14.8. The van der Waals surface area contributed by atoms with Gasteiger partial charge in [-0.2, -0.15) is 8.42 Å². The van der Waals surface area contributed by atoms with Crippen LogP contribution in [0.2, 0.25) is 0 Å². The molecule has 0 N–H and O–H groups in total. The van der Waals surface area contributed by atoms with E-state index in [1.54, 1.807) is 0 Å². The number of hydrogen-bond donors (Lipinski definition) is 0. The van der Waals surface area contributed by atoms with Crippen LogP contribution in [0, 0.1) is 5.82 Å². The number of isocyanates is 1. The molecule has 0 aliphatic carbocycles. The summed E-state index contributed by atoms with van der Waals surface area (Å²) in [6, 6.07) is 3.03. The normalized spacial score (nSPS) is 11.7. The minimum Gasteiger partial charge on any atom is -0.272 e. The lowest BCUT2D eigenvalue weighted by Gasteiger charge is -2.19. The van der Waals surface area contributed by atoms with Crippen molar-refractivity contribution < 1.29 is 26.0 Å². The predicted octanol–water partition coefficient (Wildman–Crippen LogP) is 0.246. The monoisotopic (exact) mass is 308 g/mol. The van der Waals surface area contributed by atoms with Crippen LogP contribution in [-0.4, -0.2) is 36.2 Å². The second kappa shape index (κ2) is 5.08. The van der Waals surface area contributed by atoms with E-state index in [2.05, 4.69) is 4.40 Å². The molecule has 0 aromatic heterocycles. The van der Waals surface area contributed by atoms with Crippen LogP contribution < -0.4 is 4.31 Å². The van der Waals surface area contributed by atoms with E-state index in [0.29, 0.717) is 4.31 Å². The van der Waals surface area contributed by atoms with Gasteiger partial charge in [-0.1, -0.05) is 10.5 Å². The quantitative estimate of drug-likeness (QED) is 0.586. The van der Waals surface area contributed by atoms with Crippen molar-refractivity contribution in [2.45, 2.75) is 4.90 Å². The Morgan fingerprint density at radius 2 is 1.84 bits per heavy atom. The fraction of sp³-hybridized carbons (Fsp3) is 0.222. The van der Waals surface area contributed by atoms with Gasteiger partial charge in [-0.05, 0) is 12.1 Å². The third kappa shape index (κ3) is 3.16. The number of sulfonamides is 2. The highest BCUT2D eigenvalue weighted by molar-refractivity contribution is 7.92. The highest BCUT2D eigenvalue weighted by atomic mass is 32.2. The minimum absolute atomic E-state index is 0.443. The van der Waals surface area contributed by atoms with Gasteiger partial charge in [0.1, 0.15) is 10.7 Å². The maximum Gasteiger partial charge on any atom is 0.297 e. The van der Waals surface area contributed by atoms with Crippen molar-refractivity contribution >= 4 is 31.8 Å². The Labute approximate surface area is 109 Å². The first-order valence-electron chi connectivity index (χ1n) is 4.68. The molecule has 0 heterocycles. The molecule has 0 atom stereocenters. The molecular weight excluding hydrogens is 299 g/mol. The van der Waals surface area contributed by atoms with Crippen molar-refractivity contribution in [3.05, 3.63) is 24.0 Å². The molecule has 0 saturated carbocycles. The van der Waals surface area contributed by atoms with Gasteiger partial charge in [-0.25, -0.2) is 17.6 Å². The van der Waals surface area contributed by atoms with Crippen molar-refractivity contribution in [3.63, 3.8) is 0 Å². The van der Waals surface area contributed by atoms with Crippen LogP contribution in [0.15, 0.2) is 27.5 Å². The third-order valence-corrected chi connectivity index (χ3v) is 4.62. The second-order valence-electron chi connectivity index (χ2n) is 3.48. The summed E-state index contributed by atoms with van der Waals surface area (Å²) in [5, 5.41) is 0. The topological polar surface area (TPSA) is 101 Å². The van der Waals surface area contributed by atoms with Crippen LogP contribution in [0.25, 0.3) is 0 Å². The molecule has 0 bridgehead atoms. The number of carbonyl (C=O) groups excluding carboxylic acids is 1. The van der Waals surface area contributed by atoms with E-state index < -0.39 is 36.4 Å². The van der Waals surface area contributed by atoms with E-state index in [-0.39, 0.29) is 0 Å². The highest BCUT2D eigenvalue weighted by Crippen LogP contribution is 2.29. The highest BCUT2D eigenvalue weighted by Gasteiger charge is 2.27. The number of halogens is 1. The van der Waals surface area contributed by atoms with Crippen molar-refractivity contribution in [1.29, 1.82) is 0 Å². The van der Waals surface area contributed by atoms with Gasteiger partial charge in [0.15, 0.2) is 0 Å². The van der Waals surface area contributed by atoms with Gasteiger partial charge in [-0.15, -0.1) is 0 Å². The standard InChI is InChI=1S/C9H9FN2O5S2/c1-12(18(2,14)15)8-5-3-4-7(10)9(8)19(16,17)11-6-13/h3-5H,1-2H3. The predicted molar refractivity (Wildman–Crippen MR) is 65.0 cm³/mol. The maximum atomic E-state index is 13.6. The molecule has 0 aliphatic rings. The summed E-state index contributed by atoms with van der Waals surface area (Å²) >= 11 is 0. The Bertz CT molecular complexity index is 751. The van der Waals surface area contributed by atoms with E-state index in [0.717, 1.165) is 37.6 Å². The zero-order valence-electron chi connectivity index (χ0n) is 9.86. The van der Waals surface area contributed by atoms with Gasteiger partial charge in [0.2, 0.25) is 10.0 Å². The molecule has 0 fully saturated rings. The molecule has 0 spiro atoms. The maximum absolute atomic E-state index is 13.6. The molecule has 0 amide bonds. The molecule has 0 radical (unpaired) electrons. The molecular formula is C9H9FN2O5S2. The summed E-state index contributed by atoms with van der Waals surface area (Å²) in [5.41, 5.74) is -0.443. The number of benzene rings is 1. The van der Waals surface area contributed by atoms with E-state index in [4.69, 9.17) is 0 Å². The second-order valence-corrected chi connectivity index (χ2v) is 7.03. The summed E-state index contributed by atoms with van der Waals surface area (Å²) in [7, 11) is -7.42. The van der Waals surface area contributed by atoms with Crippen molar-refractivity contribution in [2.24, 2.45) is 4.40 Å². The smallest absolute Gasteiger partial charge is 0.272 e.